The van der Waals surface area contributed by atoms with E-state index in [4.69, 9.17) is 0 Å². The Bertz CT molecular complexity index is 1130. The molecule has 0 bridgehead atoms. The maximum atomic E-state index is 12.8. The van der Waals surface area contributed by atoms with Gasteiger partial charge in [0.25, 0.3) is 0 Å². The highest BCUT2D eigenvalue weighted by Crippen LogP contribution is 2.37. The third-order valence-electron chi connectivity index (χ3n) is 4.07. The second-order valence-electron chi connectivity index (χ2n) is 6.22. The number of benzene rings is 3. The zero-order valence-corrected chi connectivity index (χ0v) is 16.0. The van der Waals surface area contributed by atoms with Gasteiger partial charge in [-0.2, -0.15) is 0 Å². The summed E-state index contributed by atoms with van der Waals surface area (Å²) in [5.74, 6) is -1.72. The van der Waals surface area contributed by atoms with Crippen molar-refractivity contribution in [3.63, 3.8) is 0 Å². The van der Waals surface area contributed by atoms with Crippen LogP contribution in [0.5, 0.6) is 17.2 Å². The van der Waals surface area contributed by atoms with Gasteiger partial charge in [-0.05, 0) is 29.3 Å². The van der Waals surface area contributed by atoms with E-state index in [-0.39, 0.29) is 22.6 Å². The third-order valence-corrected chi connectivity index (χ3v) is 5.52. The summed E-state index contributed by atoms with van der Waals surface area (Å²) in [5.41, 5.74) is 0.878. The van der Waals surface area contributed by atoms with E-state index in [1.54, 1.807) is 30.3 Å². The highest BCUT2D eigenvalue weighted by molar-refractivity contribution is 7.89. The van der Waals surface area contributed by atoms with Crippen LogP contribution in [0.3, 0.4) is 0 Å². The number of hydrogen-bond donors (Lipinski definition) is 3. The molecule has 0 heterocycles. The number of halogens is 3. The number of alkyl halides is 3. The molecule has 3 aromatic rings. The van der Waals surface area contributed by atoms with Crippen LogP contribution in [0.15, 0.2) is 71.6 Å². The molecule has 6 nitrogen and oxygen atoms in total. The van der Waals surface area contributed by atoms with Crippen LogP contribution in [0.25, 0.3) is 11.1 Å². The number of hydrogen-bond acceptors (Lipinski definition) is 5. The molecule has 0 spiro atoms. The smallest absolute Gasteiger partial charge is 0.504 e. The molecule has 30 heavy (non-hydrogen) atoms. The predicted octanol–water partition coefficient (Wildman–Crippen LogP) is 4.14. The summed E-state index contributed by atoms with van der Waals surface area (Å²) in [6.07, 6.45) is -4.87. The van der Waals surface area contributed by atoms with E-state index in [1.165, 1.54) is 12.1 Å². The fourth-order valence-corrected chi connectivity index (χ4v) is 3.94. The number of sulfonamides is 1. The highest BCUT2D eigenvalue weighted by Gasteiger charge is 2.31. The van der Waals surface area contributed by atoms with Crippen LogP contribution < -0.4 is 9.46 Å². The molecule has 0 aliphatic heterocycles. The Morgan fingerprint density at radius 3 is 2.10 bits per heavy atom. The topological polar surface area (TPSA) is 95.9 Å². The number of nitrogens with one attached hydrogen (secondary N) is 1. The van der Waals surface area contributed by atoms with Gasteiger partial charge in [-0.3, -0.25) is 0 Å². The Morgan fingerprint density at radius 1 is 0.900 bits per heavy atom. The first-order chi connectivity index (χ1) is 14.0. The first-order valence-corrected chi connectivity index (χ1v) is 9.99. The Kier molecular flexibility index (Phi) is 5.90. The summed E-state index contributed by atoms with van der Waals surface area (Å²) in [6, 6.07) is 15.0. The van der Waals surface area contributed by atoms with Crippen LogP contribution in [-0.4, -0.2) is 25.0 Å². The lowest BCUT2D eigenvalue weighted by molar-refractivity contribution is -0.274. The SMILES string of the molecule is O=S(=O)(NCc1ccccc1)c1cc(O)c(O)cc1-c1ccc(OC(F)(F)F)cc1. The van der Waals surface area contributed by atoms with Crippen molar-refractivity contribution in [2.75, 3.05) is 0 Å². The number of phenols is 2. The van der Waals surface area contributed by atoms with Crippen molar-refractivity contribution in [1.29, 1.82) is 0 Å². The molecular weight excluding hydrogens is 423 g/mol. The molecule has 0 amide bonds. The Balaban J connectivity index is 1.96. The molecule has 0 atom stereocenters. The van der Waals surface area contributed by atoms with Crippen molar-refractivity contribution in [2.45, 2.75) is 17.8 Å². The summed E-state index contributed by atoms with van der Waals surface area (Å²) in [7, 11) is -4.15. The number of rotatable bonds is 6. The largest absolute Gasteiger partial charge is 0.573 e. The van der Waals surface area contributed by atoms with Crippen LogP contribution in [0.4, 0.5) is 13.2 Å². The monoisotopic (exact) mass is 439 g/mol. The Labute approximate surface area is 170 Å². The van der Waals surface area contributed by atoms with Gasteiger partial charge >= 0.3 is 6.36 Å². The first kappa shape index (κ1) is 21.5. The summed E-state index contributed by atoms with van der Waals surface area (Å²) in [5, 5.41) is 19.6. The van der Waals surface area contributed by atoms with Crippen molar-refractivity contribution in [1.82, 2.24) is 4.72 Å². The number of aromatic hydroxyl groups is 2. The molecule has 0 radical (unpaired) electrons. The van der Waals surface area contributed by atoms with Crippen LogP contribution in [0, 0.1) is 0 Å². The van der Waals surface area contributed by atoms with Crippen LogP contribution >= 0.6 is 0 Å². The Hall–Kier alpha value is -3.24. The standard InChI is InChI=1S/C20H16F3NO5S/c21-20(22,23)29-15-8-6-14(7-9-15)16-10-17(25)18(26)11-19(16)30(27,28)24-12-13-4-2-1-3-5-13/h1-11,24-26H,12H2. The lowest BCUT2D eigenvalue weighted by Gasteiger charge is -2.14. The molecule has 3 aromatic carbocycles. The molecule has 10 heteroatoms. The highest BCUT2D eigenvalue weighted by atomic mass is 32.2. The fourth-order valence-electron chi connectivity index (χ4n) is 2.69. The molecule has 0 fully saturated rings. The van der Waals surface area contributed by atoms with E-state index >= 15 is 0 Å². The molecule has 0 aromatic heterocycles. The van der Waals surface area contributed by atoms with E-state index in [0.717, 1.165) is 24.3 Å². The van der Waals surface area contributed by atoms with Crippen molar-refractivity contribution in [3.05, 3.63) is 72.3 Å². The van der Waals surface area contributed by atoms with E-state index in [2.05, 4.69) is 9.46 Å². The van der Waals surface area contributed by atoms with Gasteiger partial charge in [-0.15, -0.1) is 13.2 Å². The summed E-state index contributed by atoms with van der Waals surface area (Å²) >= 11 is 0. The minimum atomic E-state index is -4.87. The second-order valence-corrected chi connectivity index (χ2v) is 7.95. The van der Waals surface area contributed by atoms with Gasteiger partial charge in [-0.25, -0.2) is 13.1 Å². The van der Waals surface area contributed by atoms with E-state index in [9.17, 15) is 31.8 Å². The molecule has 158 valence electrons. The van der Waals surface area contributed by atoms with Gasteiger partial charge in [0.1, 0.15) is 5.75 Å². The second kappa shape index (κ2) is 8.25. The van der Waals surface area contributed by atoms with Gasteiger partial charge in [0, 0.05) is 18.2 Å². The minimum absolute atomic E-state index is 0.00980. The molecule has 0 aliphatic rings. The van der Waals surface area contributed by atoms with Gasteiger partial charge < -0.3 is 14.9 Å². The molecule has 0 unspecified atom stereocenters. The molecule has 0 aliphatic carbocycles. The quantitative estimate of drug-likeness (QED) is 0.502. The van der Waals surface area contributed by atoms with Crippen LogP contribution in [0.1, 0.15) is 5.56 Å². The van der Waals surface area contributed by atoms with Crippen molar-refractivity contribution >= 4 is 10.0 Å². The normalized spacial score (nSPS) is 12.0. The lowest BCUT2D eigenvalue weighted by Crippen LogP contribution is -2.23. The van der Waals surface area contributed by atoms with Gasteiger partial charge in [-0.1, -0.05) is 42.5 Å². The van der Waals surface area contributed by atoms with Crippen molar-refractivity contribution < 1.29 is 36.5 Å². The zero-order chi connectivity index (χ0) is 21.9. The minimum Gasteiger partial charge on any atom is -0.504 e. The average molecular weight is 439 g/mol. The fraction of sp³-hybridized carbons (Fsp3) is 0.100. The number of ether oxygens (including phenoxy) is 1. The Morgan fingerprint density at radius 2 is 1.50 bits per heavy atom. The summed E-state index contributed by atoms with van der Waals surface area (Å²) in [4.78, 5) is -0.349. The molecule has 3 N–H and O–H groups in total. The van der Waals surface area contributed by atoms with E-state index in [0.29, 0.717) is 5.56 Å². The zero-order valence-electron chi connectivity index (χ0n) is 15.2. The molecule has 0 saturated heterocycles. The third kappa shape index (κ3) is 5.22. The van der Waals surface area contributed by atoms with Crippen molar-refractivity contribution in [2.24, 2.45) is 0 Å². The van der Waals surface area contributed by atoms with E-state index < -0.39 is 33.6 Å². The van der Waals surface area contributed by atoms with Crippen molar-refractivity contribution in [3.8, 4) is 28.4 Å². The van der Waals surface area contributed by atoms with E-state index in [1.807, 2.05) is 0 Å². The maximum absolute atomic E-state index is 12.8. The van der Waals surface area contributed by atoms with Gasteiger partial charge in [0.05, 0.1) is 4.90 Å². The number of phenolic OH excluding ortho intramolecular Hbond substituents is 2. The summed E-state index contributed by atoms with van der Waals surface area (Å²) < 4.78 is 68.9. The van der Waals surface area contributed by atoms with Crippen LogP contribution in [-0.2, 0) is 16.6 Å². The summed E-state index contributed by atoms with van der Waals surface area (Å²) in [6.45, 7) is -0.0252. The average Bonchev–Trinajstić information content (AvgIpc) is 2.68. The predicted molar refractivity (Wildman–Crippen MR) is 102 cm³/mol. The first-order valence-electron chi connectivity index (χ1n) is 8.51. The maximum Gasteiger partial charge on any atom is 0.573 e. The molecular formula is C20H16F3NO5S. The van der Waals surface area contributed by atoms with Gasteiger partial charge in [0.2, 0.25) is 10.0 Å². The van der Waals surface area contributed by atoms with Crippen LogP contribution in [0.2, 0.25) is 0 Å². The lowest BCUT2D eigenvalue weighted by atomic mass is 10.0. The molecule has 3 rings (SSSR count). The van der Waals surface area contributed by atoms with Gasteiger partial charge in [0.15, 0.2) is 11.5 Å². The molecule has 0 saturated carbocycles.